The van der Waals surface area contributed by atoms with E-state index < -0.39 is 0 Å². The number of hydrogen-bond donors (Lipinski definition) is 1. The van der Waals surface area contributed by atoms with Crippen LogP contribution in [0.5, 0.6) is 11.5 Å². The molecule has 0 radical (unpaired) electrons. The molecule has 0 atom stereocenters. The lowest BCUT2D eigenvalue weighted by molar-refractivity contribution is -0.113. The van der Waals surface area contributed by atoms with Crippen LogP contribution in [0, 0.1) is 13.8 Å². The Bertz CT molecular complexity index is 1050. The Kier molecular flexibility index (Phi) is 7.72. The summed E-state index contributed by atoms with van der Waals surface area (Å²) in [5.74, 6) is 2.27. The predicted molar refractivity (Wildman–Crippen MR) is 123 cm³/mol. The van der Waals surface area contributed by atoms with Crippen LogP contribution in [-0.4, -0.2) is 33.5 Å². The first-order valence-electron chi connectivity index (χ1n) is 9.80. The SMILES string of the molecule is C=CCn1c(COc2ccc(C)c(C)c2)nnc1SCC(=O)Nc1ccc(OC)cc1. The predicted octanol–water partition coefficient (Wildman–Crippen LogP) is 4.40. The van der Waals surface area contributed by atoms with Crippen molar-refractivity contribution < 1.29 is 14.3 Å². The van der Waals surface area contributed by atoms with Gasteiger partial charge in [0, 0.05) is 12.2 Å². The lowest BCUT2D eigenvalue weighted by Crippen LogP contribution is -2.15. The van der Waals surface area contributed by atoms with Gasteiger partial charge in [-0.25, -0.2) is 0 Å². The fourth-order valence-corrected chi connectivity index (χ4v) is 3.56. The minimum atomic E-state index is -0.128. The van der Waals surface area contributed by atoms with Crippen molar-refractivity contribution in [3.63, 3.8) is 0 Å². The van der Waals surface area contributed by atoms with Crippen LogP contribution < -0.4 is 14.8 Å². The van der Waals surface area contributed by atoms with E-state index in [1.54, 1.807) is 37.5 Å². The minimum absolute atomic E-state index is 0.128. The van der Waals surface area contributed by atoms with Crippen molar-refractivity contribution in [3.05, 3.63) is 72.1 Å². The summed E-state index contributed by atoms with van der Waals surface area (Å²) in [4.78, 5) is 12.3. The van der Waals surface area contributed by atoms with Crippen molar-refractivity contribution in [1.29, 1.82) is 0 Å². The number of thioether (sulfide) groups is 1. The number of carbonyl (C=O) groups is 1. The van der Waals surface area contributed by atoms with Gasteiger partial charge in [0.05, 0.1) is 12.9 Å². The quantitative estimate of drug-likeness (QED) is 0.373. The maximum absolute atomic E-state index is 12.3. The van der Waals surface area contributed by atoms with Gasteiger partial charge in [-0.15, -0.1) is 16.8 Å². The van der Waals surface area contributed by atoms with Crippen LogP contribution in [0.3, 0.4) is 0 Å². The summed E-state index contributed by atoms with van der Waals surface area (Å²) in [6.45, 7) is 8.73. The summed E-state index contributed by atoms with van der Waals surface area (Å²) in [5.41, 5.74) is 3.10. The number of hydrogen-bond acceptors (Lipinski definition) is 6. The third-order valence-corrected chi connectivity index (χ3v) is 5.62. The van der Waals surface area contributed by atoms with Gasteiger partial charge in [0.25, 0.3) is 0 Å². The minimum Gasteiger partial charge on any atom is -0.497 e. The molecule has 0 saturated carbocycles. The highest BCUT2D eigenvalue weighted by atomic mass is 32.2. The van der Waals surface area contributed by atoms with Gasteiger partial charge in [0.15, 0.2) is 11.0 Å². The summed E-state index contributed by atoms with van der Waals surface area (Å²) in [5, 5.41) is 12.0. The highest BCUT2D eigenvalue weighted by molar-refractivity contribution is 7.99. The molecule has 31 heavy (non-hydrogen) atoms. The smallest absolute Gasteiger partial charge is 0.234 e. The van der Waals surface area contributed by atoms with E-state index in [4.69, 9.17) is 9.47 Å². The fraction of sp³-hybridized carbons (Fsp3) is 0.261. The number of ether oxygens (including phenoxy) is 2. The van der Waals surface area contributed by atoms with Gasteiger partial charge in [-0.3, -0.25) is 9.36 Å². The third kappa shape index (κ3) is 6.11. The zero-order valence-electron chi connectivity index (χ0n) is 17.9. The molecular weight excluding hydrogens is 412 g/mol. The van der Waals surface area contributed by atoms with Crippen molar-refractivity contribution in [1.82, 2.24) is 14.8 Å². The number of nitrogens with one attached hydrogen (secondary N) is 1. The summed E-state index contributed by atoms with van der Waals surface area (Å²) in [6, 6.07) is 13.2. The Labute approximate surface area is 186 Å². The Morgan fingerprint density at radius 1 is 1.13 bits per heavy atom. The summed E-state index contributed by atoms with van der Waals surface area (Å²) >= 11 is 1.32. The second kappa shape index (κ2) is 10.7. The maximum Gasteiger partial charge on any atom is 0.234 e. The van der Waals surface area contributed by atoms with Gasteiger partial charge >= 0.3 is 0 Å². The maximum atomic E-state index is 12.3. The molecule has 162 valence electrons. The zero-order valence-corrected chi connectivity index (χ0v) is 18.7. The molecule has 1 aromatic heterocycles. The molecular formula is C23H26N4O3S. The number of rotatable bonds is 10. The Morgan fingerprint density at radius 2 is 1.87 bits per heavy atom. The number of nitrogens with zero attached hydrogens (tertiary/aromatic N) is 3. The van der Waals surface area contributed by atoms with Crippen LogP contribution in [0.4, 0.5) is 5.69 Å². The molecule has 1 amide bonds. The second-order valence-electron chi connectivity index (χ2n) is 6.90. The van der Waals surface area contributed by atoms with Crippen molar-refractivity contribution in [2.75, 3.05) is 18.2 Å². The highest BCUT2D eigenvalue weighted by Gasteiger charge is 2.14. The Morgan fingerprint density at radius 3 is 2.55 bits per heavy atom. The van der Waals surface area contributed by atoms with Gasteiger partial charge in [-0.05, 0) is 61.4 Å². The van der Waals surface area contributed by atoms with E-state index in [-0.39, 0.29) is 18.3 Å². The van der Waals surface area contributed by atoms with Crippen LogP contribution in [0.15, 0.2) is 60.3 Å². The largest absolute Gasteiger partial charge is 0.497 e. The van der Waals surface area contributed by atoms with E-state index in [0.717, 1.165) is 11.5 Å². The van der Waals surface area contributed by atoms with E-state index >= 15 is 0 Å². The molecule has 0 aliphatic carbocycles. The molecule has 8 heteroatoms. The van der Waals surface area contributed by atoms with Crippen molar-refractivity contribution >= 4 is 23.4 Å². The molecule has 0 aliphatic rings. The fourth-order valence-electron chi connectivity index (χ4n) is 2.80. The van der Waals surface area contributed by atoms with E-state index in [1.165, 1.54) is 22.9 Å². The number of carbonyl (C=O) groups excluding carboxylic acids is 1. The molecule has 0 bridgehead atoms. The normalized spacial score (nSPS) is 10.5. The van der Waals surface area contributed by atoms with Gasteiger partial charge in [-0.1, -0.05) is 23.9 Å². The van der Waals surface area contributed by atoms with E-state index in [2.05, 4.69) is 29.0 Å². The van der Waals surface area contributed by atoms with Crippen LogP contribution in [0.1, 0.15) is 17.0 Å². The monoisotopic (exact) mass is 438 g/mol. The molecule has 1 N–H and O–H groups in total. The lowest BCUT2D eigenvalue weighted by Gasteiger charge is -2.10. The third-order valence-electron chi connectivity index (χ3n) is 4.66. The molecule has 0 aliphatic heterocycles. The average Bonchev–Trinajstić information content (AvgIpc) is 3.15. The molecule has 2 aromatic carbocycles. The average molecular weight is 439 g/mol. The zero-order chi connectivity index (χ0) is 22.2. The second-order valence-corrected chi connectivity index (χ2v) is 7.84. The molecule has 0 fully saturated rings. The number of allylic oxidation sites excluding steroid dienone is 1. The summed E-state index contributed by atoms with van der Waals surface area (Å²) < 4.78 is 12.9. The first kappa shape index (κ1) is 22.4. The van der Waals surface area contributed by atoms with Gasteiger partial charge < -0.3 is 14.8 Å². The molecule has 0 spiro atoms. The number of amides is 1. The van der Waals surface area contributed by atoms with Crippen LogP contribution in [-0.2, 0) is 17.9 Å². The van der Waals surface area contributed by atoms with E-state index in [9.17, 15) is 4.79 Å². The van der Waals surface area contributed by atoms with Crippen molar-refractivity contribution in [3.8, 4) is 11.5 Å². The first-order valence-corrected chi connectivity index (χ1v) is 10.8. The first-order chi connectivity index (χ1) is 15.0. The van der Waals surface area contributed by atoms with Crippen LogP contribution in [0.2, 0.25) is 0 Å². The molecule has 0 saturated heterocycles. The molecule has 3 aromatic rings. The standard InChI is InChI=1S/C23H26N4O3S/c1-5-12-27-21(14-30-20-9-6-16(2)17(3)13-20)25-26-23(27)31-15-22(28)24-18-7-10-19(29-4)11-8-18/h5-11,13H,1,12,14-15H2,2-4H3,(H,24,28). The van der Waals surface area contributed by atoms with Crippen molar-refractivity contribution in [2.45, 2.75) is 32.2 Å². The summed E-state index contributed by atoms with van der Waals surface area (Å²) in [7, 11) is 1.60. The summed E-state index contributed by atoms with van der Waals surface area (Å²) in [6.07, 6.45) is 1.77. The van der Waals surface area contributed by atoms with Crippen LogP contribution >= 0.6 is 11.8 Å². The number of aromatic nitrogens is 3. The van der Waals surface area contributed by atoms with Gasteiger partial charge in [-0.2, -0.15) is 0 Å². The number of anilines is 1. The molecule has 0 unspecified atom stereocenters. The van der Waals surface area contributed by atoms with Gasteiger partial charge in [0.2, 0.25) is 5.91 Å². The lowest BCUT2D eigenvalue weighted by atomic mass is 10.1. The van der Waals surface area contributed by atoms with E-state index in [1.807, 2.05) is 29.7 Å². The highest BCUT2D eigenvalue weighted by Crippen LogP contribution is 2.21. The number of methoxy groups -OCH3 is 1. The van der Waals surface area contributed by atoms with Crippen molar-refractivity contribution in [2.24, 2.45) is 0 Å². The number of benzene rings is 2. The molecule has 3 rings (SSSR count). The van der Waals surface area contributed by atoms with E-state index in [0.29, 0.717) is 23.2 Å². The molecule has 1 heterocycles. The topological polar surface area (TPSA) is 78.3 Å². The molecule has 7 nitrogen and oxygen atoms in total. The number of aryl methyl sites for hydroxylation is 2. The Balaban J connectivity index is 1.60. The van der Waals surface area contributed by atoms with Crippen LogP contribution in [0.25, 0.3) is 0 Å². The Hall–Kier alpha value is -3.26. The van der Waals surface area contributed by atoms with Gasteiger partial charge in [0.1, 0.15) is 18.1 Å².